The molecule has 1 atom stereocenters. The molecule has 98 valence electrons. The molecule has 18 heavy (non-hydrogen) atoms. The van der Waals surface area contributed by atoms with Gasteiger partial charge < -0.3 is 5.32 Å². The molecule has 0 amide bonds. The number of hydrogen-bond donors (Lipinski definition) is 1. The molecule has 6 heteroatoms. The van der Waals surface area contributed by atoms with Gasteiger partial charge in [-0.1, -0.05) is 11.6 Å². The van der Waals surface area contributed by atoms with Crippen LogP contribution in [0.1, 0.15) is 18.3 Å². The number of hydrogen-bond acceptors (Lipinski definition) is 4. The Balaban J connectivity index is 2.20. The summed E-state index contributed by atoms with van der Waals surface area (Å²) in [5.41, 5.74) is 1.87. The highest BCUT2D eigenvalue weighted by Crippen LogP contribution is 2.22. The van der Waals surface area contributed by atoms with Crippen LogP contribution in [0.15, 0.2) is 0 Å². The van der Waals surface area contributed by atoms with Crippen molar-refractivity contribution >= 4 is 11.6 Å². The Morgan fingerprint density at radius 1 is 1.61 bits per heavy atom. The fourth-order valence-corrected chi connectivity index (χ4v) is 2.47. The van der Waals surface area contributed by atoms with Crippen molar-refractivity contribution in [2.24, 2.45) is 0 Å². The Bertz CT molecular complexity index is 462. The largest absolute Gasteiger partial charge is 0.313 e. The quantitative estimate of drug-likeness (QED) is 0.893. The van der Waals surface area contributed by atoms with Gasteiger partial charge in [-0.05, 0) is 13.8 Å². The third-order valence-corrected chi connectivity index (χ3v) is 3.80. The summed E-state index contributed by atoms with van der Waals surface area (Å²) in [6.07, 6.45) is 0. The first-order valence-corrected chi connectivity index (χ1v) is 6.61. The van der Waals surface area contributed by atoms with Crippen molar-refractivity contribution in [2.75, 3.05) is 19.6 Å². The summed E-state index contributed by atoms with van der Waals surface area (Å²) >= 11 is 6.29. The first-order chi connectivity index (χ1) is 8.67. The van der Waals surface area contributed by atoms with Gasteiger partial charge in [0.15, 0.2) is 0 Å². The standard InChI is InChI=1S/C12H18ClN5/c1-3-18-11(12(13)9(2)16-18)8-17-5-4-15-7-10(17)6-14/h10,15H,3-5,7-8H2,1-2H3. The van der Waals surface area contributed by atoms with Gasteiger partial charge in [-0.3, -0.25) is 9.58 Å². The molecule has 1 saturated heterocycles. The number of nitriles is 1. The maximum absolute atomic E-state index is 9.15. The van der Waals surface area contributed by atoms with Gasteiger partial charge in [0.05, 0.1) is 22.5 Å². The van der Waals surface area contributed by atoms with Crippen LogP contribution >= 0.6 is 11.6 Å². The third kappa shape index (κ3) is 2.51. The van der Waals surface area contributed by atoms with E-state index in [0.717, 1.165) is 36.0 Å². The minimum Gasteiger partial charge on any atom is -0.313 e. The van der Waals surface area contributed by atoms with E-state index >= 15 is 0 Å². The fraction of sp³-hybridized carbons (Fsp3) is 0.667. The van der Waals surface area contributed by atoms with E-state index in [4.69, 9.17) is 16.9 Å². The second-order valence-electron chi connectivity index (χ2n) is 4.48. The number of aryl methyl sites for hydroxylation is 2. The van der Waals surface area contributed by atoms with Crippen molar-refractivity contribution in [3.8, 4) is 6.07 Å². The average Bonchev–Trinajstić information content (AvgIpc) is 2.67. The van der Waals surface area contributed by atoms with E-state index in [1.54, 1.807) is 0 Å². The smallest absolute Gasteiger partial charge is 0.111 e. The second kappa shape index (κ2) is 5.70. The zero-order valence-corrected chi connectivity index (χ0v) is 11.5. The molecule has 5 nitrogen and oxygen atoms in total. The minimum atomic E-state index is -0.0877. The lowest BCUT2D eigenvalue weighted by molar-refractivity contribution is 0.184. The lowest BCUT2D eigenvalue weighted by Gasteiger charge is -2.31. The van der Waals surface area contributed by atoms with Gasteiger partial charge in [0.25, 0.3) is 0 Å². The molecule has 0 saturated carbocycles. The monoisotopic (exact) mass is 267 g/mol. The molecular weight excluding hydrogens is 250 g/mol. The molecular formula is C12H18ClN5. The SMILES string of the molecule is CCn1nc(C)c(Cl)c1CN1CCNCC1C#N. The van der Waals surface area contributed by atoms with Gasteiger partial charge in [-0.25, -0.2) is 0 Å². The lowest BCUT2D eigenvalue weighted by atomic mass is 10.2. The zero-order chi connectivity index (χ0) is 13.1. The molecule has 0 bridgehead atoms. The summed E-state index contributed by atoms with van der Waals surface area (Å²) in [6.45, 7) is 7.94. The Hall–Kier alpha value is -1.09. The maximum atomic E-state index is 9.15. The predicted octanol–water partition coefficient (Wildman–Crippen LogP) is 1.16. The van der Waals surface area contributed by atoms with Crippen molar-refractivity contribution in [1.82, 2.24) is 20.0 Å². The number of nitrogens with zero attached hydrogens (tertiary/aromatic N) is 4. The molecule has 1 N–H and O–H groups in total. The summed E-state index contributed by atoms with van der Waals surface area (Å²) in [5, 5.41) is 17.5. The highest BCUT2D eigenvalue weighted by atomic mass is 35.5. The van der Waals surface area contributed by atoms with Crippen molar-refractivity contribution in [3.63, 3.8) is 0 Å². The number of nitrogens with one attached hydrogen (secondary N) is 1. The summed E-state index contributed by atoms with van der Waals surface area (Å²) in [6, 6.07) is 2.24. The van der Waals surface area contributed by atoms with E-state index in [1.807, 2.05) is 18.5 Å². The Morgan fingerprint density at radius 3 is 3.06 bits per heavy atom. The van der Waals surface area contributed by atoms with Crippen LogP contribution in [0.25, 0.3) is 0 Å². The van der Waals surface area contributed by atoms with Crippen molar-refractivity contribution < 1.29 is 0 Å². The number of halogens is 1. The highest BCUT2D eigenvalue weighted by Gasteiger charge is 2.24. The molecule has 0 spiro atoms. The van der Waals surface area contributed by atoms with Crippen molar-refractivity contribution in [3.05, 3.63) is 16.4 Å². The molecule has 0 radical (unpaired) electrons. The normalized spacial score (nSPS) is 20.9. The van der Waals surface area contributed by atoms with Gasteiger partial charge in [0.1, 0.15) is 6.04 Å². The van der Waals surface area contributed by atoms with Crippen LogP contribution in [0.3, 0.4) is 0 Å². The Kier molecular flexibility index (Phi) is 4.23. The van der Waals surface area contributed by atoms with E-state index in [-0.39, 0.29) is 6.04 Å². The van der Waals surface area contributed by atoms with Crippen LogP contribution in [-0.2, 0) is 13.1 Å². The Morgan fingerprint density at radius 2 is 2.39 bits per heavy atom. The molecule has 1 aliphatic rings. The number of piperazine rings is 1. The van der Waals surface area contributed by atoms with E-state index in [9.17, 15) is 0 Å². The zero-order valence-electron chi connectivity index (χ0n) is 10.8. The summed E-state index contributed by atoms with van der Waals surface area (Å²) in [4.78, 5) is 2.16. The molecule has 0 aromatic carbocycles. The molecule has 1 aromatic rings. The molecule has 2 rings (SSSR count). The third-order valence-electron chi connectivity index (χ3n) is 3.31. The minimum absolute atomic E-state index is 0.0877. The molecule has 1 fully saturated rings. The first-order valence-electron chi connectivity index (χ1n) is 6.23. The number of aromatic nitrogens is 2. The molecule has 0 aliphatic carbocycles. The topological polar surface area (TPSA) is 56.9 Å². The van der Waals surface area contributed by atoms with Crippen LogP contribution in [-0.4, -0.2) is 40.4 Å². The van der Waals surface area contributed by atoms with Crippen LogP contribution in [0.5, 0.6) is 0 Å². The lowest BCUT2D eigenvalue weighted by Crippen LogP contribution is -2.50. The van der Waals surface area contributed by atoms with Gasteiger partial charge in [0, 0.05) is 32.7 Å². The van der Waals surface area contributed by atoms with Crippen molar-refractivity contribution in [2.45, 2.75) is 33.0 Å². The van der Waals surface area contributed by atoms with Crippen molar-refractivity contribution in [1.29, 1.82) is 5.26 Å². The van der Waals surface area contributed by atoms with E-state index in [0.29, 0.717) is 13.1 Å². The summed E-state index contributed by atoms with van der Waals surface area (Å²) in [7, 11) is 0. The Labute approximate surface area is 112 Å². The van der Waals surface area contributed by atoms with Gasteiger partial charge in [-0.2, -0.15) is 10.4 Å². The van der Waals surface area contributed by atoms with Gasteiger partial charge in [-0.15, -0.1) is 0 Å². The second-order valence-corrected chi connectivity index (χ2v) is 4.86. The van der Waals surface area contributed by atoms with Crippen LogP contribution < -0.4 is 5.32 Å². The molecule has 1 aliphatic heterocycles. The fourth-order valence-electron chi connectivity index (χ4n) is 2.28. The molecule has 1 aromatic heterocycles. The predicted molar refractivity (Wildman–Crippen MR) is 70.3 cm³/mol. The molecule has 2 heterocycles. The maximum Gasteiger partial charge on any atom is 0.111 e. The van der Waals surface area contributed by atoms with Crippen LogP contribution in [0.4, 0.5) is 0 Å². The van der Waals surface area contributed by atoms with Gasteiger partial charge in [0.2, 0.25) is 0 Å². The molecule has 1 unspecified atom stereocenters. The highest BCUT2D eigenvalue weighted by molar-refractivity contribution is 6.31. The van der Waals surface area contributed by atoms with E-state index in [2.05, 4.69) is 21.4 Å². The van der Waals surface area contributed by atoms with E-state index in [1.165, 1.54) is 0 Å². The number of rotatable bonds is 3. The summed E-state index contributed by atoms with van der Waals surface area (Å²) < 4.78 is 1.92. The average molecular weight is 268 g/mol. The van der Waals surface area contributed by atoms with Gasteiger partial charge >= 0.3 is 0 Å². The first kappa shape index (κ1) is 13.3. The summed E-state index contributed by atoms with van der Waals surface area (Å²) in [5.74, 6) is 0. The van der Waals surface area contributed by atoms with Crippen LogP contribution in [0, 0.1) is 18.3 Å². The van der Waals surface area contributed by atoms with E-state index < -0.39 is 0 Å². The van der Waals surface area contributed by atoms with Crippen LogP contribution in [0.2, 0.25) is 5.02 Å².